The van der Waals surface area contributed by atoms with E-state index in [1.54, 1.807) is 6.07 Å². The van der Waals surface area contributed by atoms with E-state index in [1.165, 1.54) is 22.3 Å². The summed E-state index contributed by atoms with van der Waals surface area (Å²) in [4.78, 5) is 24.2. The third kappa shape index (κ3) is 5.70. The quantitative estimate of drug-likeness (QED) is 0.311. The second kappa shape index (κ2) is 11.5. The molecule has 0 bridgehead atoms. The molecule has 3 aromatic carbocycles. The van der Waals surface area contributed by atoms with Gasteiger partial charge in [0.2, 0.25) is 0 Å². The van der Waals surface area contributed by atoms with Gasteiger partial charge in [0.1, 0.15) is 0 Å². The first-order chi connectivity index (χ1) is 16.0. The molecule has 0 aliphatic heterocycles. The van der Waals surface area contributed by atoms with Crippen LogP contribution in [0.3, 0.4) is 0 Å². The Kier molecular flexibility index (Phi) is 8.42. The second-order valence-corrected chi connectivity index (χ2v) is 8.19. The number of benzene rings is 3. The summed E-state index contributed by atoms with van der Waals surface area (Å²) in [7, 11) is 0. The molecule has 0 saturated carbocycles. The highest BCUT2D eigenvalue weighted by Crippen LogP contribution is 2.35. The number of carbonyl (C=O) groups excluding carboxylic acids is 2. The number of aryl methyl sites for hydroxylation is 1. The summed E-state index contributed by atoms with van der Waals surface area (Å²) < 4.78 is 10.3. The van der Waals surface area contributed by atoms with E-state index >= 15 is 0 Å². The molecule has 0 atom stereocenters. The lowest BCUT2D eigenvalue weighted by atomic mass is 9.97. The molecule has 4 heteroatoms. The Bertz CT molecular complexity index is 1090. The van der Waals surface area contributed by atoms with Crippen LogP contribution in [0.15, 0.2) is 60.7 Å². The van der Waals surface area contributed by atoms with Crippen molar-refractivity contribution in [2.45, 2.75) is 47.0 Å². The molecule has 0 amide bonds. The van der Waals surface area contributed by atoms with Gasteiger partial charge in [-0.05, 0) is 72.6 Å². The smallest absolute Gasteiger partial charge is 0.339 e. The van der Waals surface area contributed by atoms with E-state index < -0.39 is 11.9 Å². The molecule has 0 fully saturated rings. The highest BCUT2D eigenvalue weighted by atomic mass is 16.5. The Morgan fingerprint density at radius 3 is 1.79 bits per heavy atom. The fourth-order valence-corrected chi connectivity index (χ4v) is 3.87. The van der Waals surface area contributed by atoms with Crippen molar-refractivity contribution in [3.8, 4) is 11.1 Å². The van der Waals surface area contributed by atoms with Crippen molar-refractivity contribution in [2.24, 2.45) is 0 Å². The summed E-state index contributed by atoms with van der Waals surface area (Å²) >= 11 is 0. The number of hydrogen-bond acceptors (Lipinski definition) is 4. The minimum atomic E-state index is -0.474. The van der Waals surface area contributed by atoms with Gasteiger partial charge < -0.3 is 9.47 Å². The van der Waals surface area contributed by atoms with E-state index in [0.717, 1.165) is 30.4 Å². The molecule has 4 rings (SSSR count). The monoisotopic (exact) mass is 444 g/mol. The molecule has 0 unspecified atom stereocenters. The Hall–Kier alpha value is -3.40. The summed E-state index contributed by atoms with van der Waals surface area (Å²) in [6.07, 6.45) is 2.59. The Labute approximate surface area is 196 Å². The zero-order chi connectivity index (χ0) is 23.8. The molecule has 1 aliphatic rings. The maximum atomic E-state index is 12.1. The molecule has 3 aromatic rings. The van der Waals surface area contributed by atoms with Crippen LogP contribution in [0.2, 0.25) is 0 Å². The molecule has 0 N–H and O–H groups in total. The molecule has 1 aliphatic carbocycles. The number of ether oxygens (including phenoxy) is 2. The van der Waals surface area contributed by atoms with E-state index in [-0.39, 0.29) is 5.56 Å². The lowest BCUT2D eigenvalue weighted by Crippen LogP contribution is -2.17. The van der Waals surface area contributed by atoms with Crippen LogP contribution in [-0.2, 0) is 15.9 Å². The van der Waals surface area contributed by atoms with E-state index in [0.29, 0.717) is 18.8 Å². The maximum absolute atomic E-state index is 12.1. The summed E-state index contributed by atoms with van der Waals surface area (Å²) in [5, 5.41) is 0. The molecular formula is C29H32O4. The molecule has 0 heterocycles. The maximum Gasteiger partial charge on any atom is 0.339 e. The molecule has 0 spiro atoms. The first-order valence-electron chi connectivity index (χ1n) is 11.6. The lowest BCUT2D eigenvalue weighted by Gasteiger charge is -2.13. The molecule has 0 saturated heterocycles. The fraction of sp³-hybridized carbons (Fsp3) is 0.310. The Morgan fingerprint density at radius 2 is 1.24 bits per heavy atom. The lowest BCUT2D eigenvalue weighted by molar-refractivity contribution is 0.0457. The Balaban J connectivity index is 0.000000200. The van der Waals surface area contributed by atoms with Gasteiger partial charge in [-0.1, -0.05) is 68.4 Å². The van der Waals surface area contributed by atoms with Crippen LogP contribution < -0.4 is 0 Å². The summed E-state index contributed by atoms with van der Waals surface area (Å²) in [5.74, 6) is -0.935. The molecule has 33 heavy (non-hydrogen) atoms. The molecular weight excluding hydrogens is 412 g/mol. The molecule has 4 nitrogen and oxygen atoms in total. The van der Waals surface area contributed by atoms with Gasteiger partial charge in [-0.2, -0.15) is 0 Å². The zero-order valence-corrected chi connectivity index (χ0v) is 19.9. The van der Waals surface area contributed by atoms with Crippen molar-refractivity contribution in [2.75, 3.05) is 13.2 Å². The number of carbonyl (C=O) groups is 2. The third-order valence-electron chi connectivity index (χ3n) is 5.74. The van der Waals surface area contributed by atoms with Crippen LogP contribution in [0, 0.1) is 13.8 Å². The van der Waals surface area contributed by atoms with E-state index in [4.69, 9.17) is 9.47 Å². The standard InChI is InChI=1S/C16H22O4.C13H10/c1-5-9-19-15(17)13-8-7-11(3)12(4)14(13)16(18)20-10-6-2;1-3-7-12-10(5-1)9-11-6-2-4-8-13(11)12/h7-8H,5-6,9-10H2,1-4H3;1-8H,9H2. The number of rotatable bonds is 6. The van der Waals surface area contributed by atoms with Gasteiger partial charge in [0.05, 0.1) is 24.3 Å². The second-order valence-electron chi connectivity index (χ2n) is 8.19. The third-order valence-corrected chi connectivity index (χ3v) is 5.74. The summed E-state index contributed by atoms with van der Waals surface area (Å²) in [6.45, 7) is 8.24. The number of hydrogen-bond donors (Lipinski definition) is 0. The van der Waals surface area contributed by atoms with Gasteiger partial charge in [-0.3, -0.25) is 0 Å². The van der Waals surface area contributed by atoms with Gasteiger partial charge >= 0.3 is 11.9 Å². The van der Waals surface area contributed by atoms with Crippen molar-refractivity contribution in [3.05, 3.63) is 94.0 Å². The van der Waals surface area contributed by atoms with Crippen LogP contribution in [0.5, 0.6) is 0 Å². The molecule has 0 radical (unpaired) electrons. The van der Waals surface area contributed by atoms with Crippen LogP contribution >= 0.6 is 0 Å². The largest absolute Gasteiger partial charge is 0.462 e. The predicted octanol–water partition coefficient (Wildman–Crippen LogP) is 6.69. The average Bonchev–Trinajstić information content (AvgIpc) is 3.21. The normalized spacial score (nSPS) is 11.0. The minimum Gasteiger partial charge on any atom is -0.462 e. The molecule has 172 valence electrons. The van der Waals surface area contributed by atoms with Crippen LogP contribution in [0.1, 0.15) is 69.7 Å². The average molecular weight is 445 g/mol. The number of fused-ring (bicyclic) bond motifs is 3. The van der Waals surface area contributed by atoms with Crippen molar-refractivity contribution in [1.29, 1.82) is 0 Å². The summed E-state index contributed by atoms with van der Waals surface area (Å²) in [6, 6.07) is 20.8. The predicted molar refractivity (Wildman–Crippen MR) is 132 cm³/mol. The first-order valence-corrected chi connectivity index (χ1v) is 11.6. The highest BCUT2D eigenvalue weighted by Gasteiger charge is 2.22. The summed E-state index contributed by atoms with van der Waals surface area (Å²) in [5.41, 5.74) is 8.06. The van der Waals surface area contributed by atoms with E-state index in [2.05, 4.69) is 48.5 Å². The highest BCUT2D eigenvalue weighted by molar-refractivity contribution is 6.04. The fourth-order valence-electron chi connectivity index (χ4n) is 3.87. The van der Waals surface area contributed by atoms with Crippen LogP contribution in [-0.4, -0.2) is 25.2 Å². The van der Waals surface area contributed by atoms with E-state index in [1.807, 2.05) is 33.8 Å². The Morgan fingerprint density at radius 1 is 0.727 bits per heavy atom. The van der Waals surface area contributed by atoms with Crippen LogP contribution in [0.25, 0.3) is 11.1 Å². The van der Waals surface area contributed by atoms with Gasteiger partial charge in [0.25, 0.3) is 0 Å². The van der Waals surface area contributed by atoms with Gasteiger partial charge in [0, 0.05) is 0 Å². The van der Waals surface area contributed by atoms with Crippen LogP contribution in [0.4, 0.5) is 0 Å². The number of esters is 2. The van der Waals surface area contributed by atoms with Gasteiger partial charge in [-0.25, -0.2) is 9.59 Å². The van der Waals surface area contributed by atoms with Gasteiger partial charge in [0.15, 0.2) is 0 Å². The van der Waals surface area contributed by atoms with Crippen molar-refractivity contribution in [3.63, 3.8) is 0 Å². The van der Waals surface area contributed by atoms with Crippen molar-refractivity contribution >= 4 is 11.9 Å². The topological polar surface area (TPSA) is 52.6 Å². The van der Waals surface area contributed by atoms with Crippen molar-refractivity contribution < 1.29 is 19.1 Å². The zero-order valence-electron chi connectivity index (χ0n) is 19.9. The van der Waals surface area contributed by atoms with Crippen molar-refractivity contribution in [1.82, 2.24) is 0 Å². The minimum absolute atomic E-state index is 0.280. The van der Waals surface area contributed by atoms with E-state index in [9.17, 15) is 9.59 Å². The van der Waals surface area contributed by atoms with Gasteiger partial charge in [-0.15, -0.1) is 0 Å². The SMILES string of the molecule is CCCOC(=O)c1ccc(C)c(C)c1C(=O)OCCC.c1ccc2c(c1)Cc1ccccc1-2. The first kappa shape index (κ1) is 24.2. The molecule has 0 aromatic heterocycles.